The molecule has 0 saturated carbocycles. The average Bonchev–Trinajstić information content (AvgIpc) is 3.09. The molecule has 1 aromatic heterocycles. The molecule has 0 bridgehead atoms. The Morgan fingerprint density at radius 2 is 2.03 bits per heavy atom. The second-order valence-corrected chi connectivity index (χ2v) is 7.36. The zero-order valence-electron chi connectivity index (χ0n) is 15.4. The van der Waals surface area contributed by atoms with Gasteiger partial charge in [-0.05, 0) is 37.3 Å². The third-order valence-corrected chi connectivity index (χ3v) is 4.79. The molecule has 1 aromatic carbocycles. The quantitative estimate of drug-likeness (QED) is 0.217. The van der Waals surface area contributed by atoms with E-state index in [2.05, 4.69) is 27.5 Å². The van der Waals surface area contributed by atoms with E-state index < -0.39 is 17.8 Å². The fourth-order valence-corrected chi connectivity index (χ4v) is 3.20. The Kier molecular flexibility index (Phi) is 10.8. The fraction of sp³-hybridized carbons (Fsp3) is 0.316. The summed E-state index contributed by atoms with van der Waals surface area (Å²) in [6, 6.07) is 8.31. The number of hydrogen-bond acceptors (Lipinski definition) is 3. The van der Waals surface area contributed by atoms with E-state index in [0.29, 0.717) is 21.7 Å². The summed E-state index contributed by atoms with van der Waals surface area (Å²) >= 11 is 7.14. The maximum Gasteiger partial charge on any atom is 0.416 e. The lowest BCUT2D eigenvalue weighted by Crippen LogP contribution is -2.37. The van der Waals surface area contributed by atoms with E-state index in [1.807, 2.05) is 6.92 Å². The molecule has 1 heterocycles. The van der Waals surface area contributed by atoms with Crippen LogP contribution in [0.3, 0.4) is 0 Å². The molecule has 10 heteroatoms. The Labute approximate surface area is 193 Å². The van der Waals surface area contributed by atoms with Gasteiger partial charge in [-0.2, -0.15) is 13.2 Å². The minimum Gasteiger partial charge on any atom is -0.386 e. The van der Waals surface area contributed by atoms with E-state index in [1.165, 1.54) is 23.5 Å². The Bertz CT molecular complexity index is 877. The highest BCUT2D eigenvalue weighted by atomic mass is 127. The standard InChI is InChI=1S/C19H19ClF3N3OS.HI/c1-2-24-18(26-12-15(27)16-8-9-17(20)28-16)25-10-4-6-13-5-3-7-14(11-13)19(21,22)23;/h3,5,7-9,11,15,27H,2,10,12H2,1H3,(H2,24,25,26);1H. The number of hydrogen-bond donors (Lipinski definition) is 3. The van der Waals surface area contributed by atoms with Crippen LogP contribution in [0.15, 0.2) is 41.4 Å². The van der Waals surface area contributed by atoms with Crippen LogP contribution in [-0.2, 0) is 6.18 Å². The van der Waals surface area contributed by atoms with Crippen LogP contribution < -0.4 is 10.6 Å². The molecule has 3 N–H and O–H groups in total. The summed E-state index contributed by atoms with van der Waals surface area (Å²) in [5.74, 6) is 5.90. The van der Waals surface area contributed by atoms with Crippen molar-refractivity contribution in [1.29, 1.82) is 0 Å². The molecule has 0 fully saturated rings. The van der Waals surface area contributed by atoms with Crippen molar-refractivity contribution in [3.63, 3.8) is 0 Å². The van der Waals surface area contributed by atoms with Crippen molar-refractivity contribution in [2.45, 2.75) is 19.2 Å². The monoisotopic (exact) mass is 557 g/mol. The van der Waals surface area contributed by atoms with E-state index in [9.17, 15) is 18.3 Å². The number of nitrogens with one attached hydrogen (secondary N) is 2. The summed E-state index contributed by atoms with van der Waals surface area (Å²) in [4.78, 5) is 5.00. The van der Waals surface area contributed by atoms with Crippen LogP contribution in [0.2, 0.25) is 4.34 Å². The minimum absolute atomic E-state index is 0. The molecule has 0 amide bonds. The highest BCUT2D eigenvalue weighted by Crippen LogP contribution is 2.29. The van der Waals surface area contributed by atoms with E-state index >= 15 is 0 Å². The minimum atomic E-state index is -4.39. The summed E-state index contributed by atoms with van der Waals surface area (Å²) in [7, 11) is 0. The van der Waals surface area contributed by atoms with Crippen LogP contribution in [0, 0.1) is 11.8 Å². The Morgan fingerprint density at radius 3 is 2.66 bits per heavy atom. The van der Waals surface area contributed by atoms with Crippen LogP contribution in [0.25, 0.3) is 0 Å². The van der Waals surface area contributed by atoms with Gasteiger partial charge in [0.25, 0.3) is 0 Å². The highest BCUT2D eigenvalue weighted by Gasteiger charge is 2.30. The van der Waals surface area contributed by atoms with Gasteiger partial charge in [-0.25, -0.2) is 0 Å². The number of aliphatic hydroxyl groups excluding tert-OH is 1. The van der Waals surface area contributed by atoms with Crippen molar-refractivity contribution in [3.8, 4) is 11.8 Å². The number of nitrogens with zero attached hydrogens (tertiary/aromatic N) is 1. The normalized spacial score (nSPS) is 12.4. The molecule has 1 atom stereocenters. The number of aliphatic hydroxyl groups is 1. The van der Waals surface area contributed by atoms with E-state index in [1.54, 1.807) is 12.1 Å². The number of aliphatic imine (C=N–C) groups is 1. The molecule has 1 unspecified atom stereocenters. The van der Waals surface area contributed by atoms with Gasteiger partial charge in [-0.15, -0.1) is 35.3 Å². The smallest absolute Gasteiger partial charge is 0.386 e. The molecule has 0 saturated heterocycles. The van der Waals surface area contributed by atoms with Crippen LogP contribution in [0.4, 0.5) is 13.2 Å². The average molecular weight is 558 g/mol. The van der Waals surface area contributed by atoms with Gasteiger partial charge in [-0.1, -0.05) is 29.5 Å². The van der Waals surface area contributed by atoms with Gasteiger partial charge >= 0.3 is 6.18 Å². The van der Waals surface area contributed by atoms with Gasteiger partial charge in [-0.3, -0.25) is 4.99 Å². The lowest BCUT2D eigenvalue weighted by Gasteiger charge is -2.10. The predicted octanol–water partition coefficient (Wildman–Crippen LogP) is 4.68. The first-order valence-electron chi connectivity index (χ1n) is 8.41. The van der Waals surface area contributed by atoms with Crippen molar-refractivity contribution in [2.75, 3.05) is 19.6 Å². The van der Waals surface area contributed by atoms with Gasteiger partial charge in [0.05, 0.1) is 23.0 Å². The number of alkyl halides is 3. The van der Waals surface area contributed by atoms with Crippen LogP contribution in [0.5, 0.6) is 0 Å². The van der Waals surface area contributed by atoms with Gasteiger partial charge < -0.3 is 15.7 Å². The van der Waals surface area contributed by atoms with E-state index in [-0.39, 0.29) is 42.6 Å². The highest BCUT2D eigenvalue weighted by molar-refractivity contribution is 14.0. The number of benzene rings is 1. The third-order valence-electron chi connectivity index (χ3n) is 3.46. The molecule has 0 aliphatic rings. The summed E-state index contributed by atoms with van der Waals surface area (Å²) in [5, 5.41) is 16.1. The molecule has 2 aromatic rings. The molecule has 0 spiro atoms. The van der Waals surface area contributed by atoms with Crippen molar-refractivity contribution in [3.05, 3.63) is 56.7 Å². The summed E-state index contributed by atoms with van der Waals surface area (Å²) in [6.07, 6.45) is -5.17. The van der Waals surface area contributed by atoms with Crippen molar-refractivity contribution < 1.29 is 18.3 Å². The zero-order chi connectivity index (χ0) is 20.6. The van der Waals surface area contributed by atoms with Crippen LogP contribution in [-0.4, -0.2) is 30.7 Å². The largest absolute Gasteiger partial charge is 0.416 e. The van der Waals surface area contributed by atoms with Crippen LogP contribution >= 0.6 is 46.9 Å². The lowest BCUT2D eigenvalue weighted by molar-refractivity contribution is -0.137. The molecule has 0 aliphatic heterocycles. The first kappa shape index (κ1) is 25.6. The molecule has 0 radical (unpaired) electrons. The van der Waals surface area contributed by atoms with Gasteiger partial charge in [0.15, 0.2) is 5.96 Å². The molecule has 0 aliphatic carbocycles. The summed E-state index contributed by atoms with van der Waals surface area (Å²) in [6.45, 7) is 2.81. The van der Waals surface area contributed by atoms with Crippen molar-refractivity contribution >= 4 is 52.9 Å². The lowest BCUT2D eigenvalue weighted by atomic mass is 10.1. The maximum atomic E-state index is 12.7. The van der Waals surface area contributed by atoms with Gasteiger partial charge in [0, 0.05) is 17.0 Å². The molecule has 4 nitrogen and oxygen atoms in total. The number of thiophene rings is 1. The van der Waals surface area contributed by atoms with Gasteiger partial charge in [0.1, 0.15) is 6.10 Å². The number of rotatable bonds is 5. The number of guanidine groups is 1. The second-order valence-electron chi connectivity index (χ2n) is 5.61. The number of halogens is 5. The molecular weight excluding hydrogens is 538 g/mol. The molecule has 2 rings (SSSR count). The first-order valence-corrected chi connectivity index (χ1v) is 9.60. The molecule has 158 valence electrons. The zero-order valence-corrected chi connectivity index (χ0v) is 19.3. The Hall–Kier alpha value is -1.48. The molecule has 29 heavy (non-hydrogen) atoms. The molecular formula is C19H20ClF3IN3OS. The van der Waals surface area contributed by atoms with Crippen molar-refractivity contribution in [2.24, 2.45) is 4.99 Å². The van der Waals surface area contributed by atoms with E-state index in [0.717, 1.165) is 12.1 Å². The van der Waals surface area contributed by atoms with Crippen molar-refractivity contribution in [1.82, 2.24) is 10.6 Å². The summed E-state index contributed by atoms with van der Waals surface area (Å²) in [5.41, 5.74) is -0.451. The summed E-state index contributed by atoms with van der Waals surface area (Å²) < 4.78 is 38.7. The third kappa shape index (κ3) is 8.82. The second kappa shape index (κ2) is 12.3. The topological polar surface area (TPSA) is 56.7 Å². The Morgan fingerprint density at radius 1 is 1.28 bits per heavy atom. The van der Waals surface area contributed by atoms with Crippen LogP contribution in [0.1, 0.15) is 29.0 Å². The first-order chi connectivity index (χ1) is 13.3. The van der Waals surface area contributed by atoms with E-state index in [4.69, 9.17) is 11.6 Å². The van der Waals surface area contributed by atoms with Gasteiger partial charge in [0.2, 0.25) is 0 Å². The Balaban J connectivity index is 0.00000420. The SMILES string of the molecule is CCNC(=NCC(O)c1ccc(Cl)s1)NCC#Cc1cccc(C(F)(F)F)c1.I. The fourth-order valence-electron chi connectivity index (χ4n) is 2.16. The maximum absolute atomic E-state index is 12.7. The predicted molar refractivity (Wildman–Crippen MR) is 122 cm³/mol.